The molecule has 130 valence electrons. The lowest BCUT2D eigenvalue weighted by Crippen LogP contribution is -2.44. The zero-order chi connectivity index (χ0) is 18.1. The summed E-state index contributed by atoms with van der Waals surface area (Å²) in [4.78, 5) is 28.2. The van der Waals surface area contributed by atoms with Crippen molar-refractivity contribution in [1.29, 1.82) is 0 Å². The molecule has 4 N–H and O–H groups in total. The lowest BCUT2D eigenvalue weighted by molar-refractivity contribution is 0.179. The number of hydrogen-bond acceptors (Lipinski definition) is 4. The number of halogens is 1. The topological polar surface area (TPSA) is 110 Å². The van der Waals surface area contributed by atoms with Crippen LogP contribution in [0.1, 0.15) is 39.1 Å². The van der Waals surface area contributed by atoms with Crippen molar-refractivity contribution >= 4 is 28.6 Å². The van der Waals surface area contributed by atoms with E-state index in [-0.39, 0.29) is 12.1 Å². The molecule has 0 radical (unpaired) electrons. The number of hydrogen-bond donors (Lipinski definition) is 3. The zero-order valence-corrected chi connectivity index (χ0v) is 14.6. The summed E-state index contributed by atoms with van der Waals surface area (Å²) in [5.74, 6) is 0.445. The Bertz CT molecular complexity index is 830. The summed E-state index contributed by atoms with van der Waals surface area (Å²) in [5.41, 5.74) is 5.49. The Morgan fingerprint density at radius 2 is 2.17 bits per heavy atom. The molecule has 1 unspecified atom stereocenters. The van der Waals surface area contributed by atoms with E-state index in [0.29, 0.717) is 28.2 Å². The van der Waals surface area contributed by atoms with E-state index >= 15 is 0 Å². The number of carboxylic acid groups (broad SMARTS) is 1. The minimum absolute atomic E-state index is 0.274. The summed E-state index contributed by atoms with van der Waals surface area (Å²) < 4.78 is 1.48. The molecule has 0 bridgehead atoms. The maximum atomic E-state index is 12.9. The van der Waals surface area contributed by atoms with Crippen molar-refractivity contribution in [3.8, 4) is 0 Å². The molecule has 0 spiro atoms. The van der Waals surface area contributed by atoms with E-state index in [4.69, 9.17) is 22.4 Å². The number of amides is 1. The van der Waals surface area contributed by atoms with Crippen molar-refractivity contribution in [2.24, 2.45) is 5.73 Å². The number of aromatic nitrogens is 2. The van der Waals surface area contributed by atoms with Crippen LogP contribution in [0.3, 0.4) is 0 Å². The highest BCUT2D eigenvalue weighted by atomic mass is 35.5. The monoisotopic (exact) mass is 352 g/mol. The van der Waals surface area contributed by atoms with Gasteiger partial charge in [-0.25, -0.2) is 9.78 Å². The number of nitrogens with zero attached hydrogens (tertiary/aromatic N) is 2. The molecule has 1 atom stereocenters. The van der Waals surface area contributed by atoms with Crippen molar-refractivity contribution < 1.29 is 9.90 Å². The Kier molecular flexibility index (Phi) is 5.15. The maximum Gasteiger partial charge on any atom is 0.405 e. The molecular weight excluding hydrogens is 332 g/mol. The van der Waals surface area contributed by atoms with Crippen molar-refractivity contribution in [3.63, 3.8) is 0 Å². The van der Waals surface area contributed by atoms with Crippen LogP contribution in [0.4, 0.5) is 4.79 Å². The molecule has 1 amide bonds. The lowest BCUT2D eigenvalue weighted by atomic mass is 10.0. The van der Waals surface area contributed by atoms with Gasteiger partial charge in [0.1, 0.15) is 5.82 Å². The third kappa shape index (κ3) is 3.85. The van der Waals surface area contributed by atoms with Gasteiger partial charge in [-0.3, -0.25) is 9.36 Å². The summed E-state index contributed by atoms with van der Waals surface area (Å²) in [7, 11) is 0. The summed E-state index contributed by atoms with van der Waals surface area (Å²) in [5, 5.41) is 12.0. The highest BCUT2D eigenvalue weighted by molar-refractivity contribution is 6.35. The number of benzene rings is 1. The average molecular weight is 353 g/mol. The van der Waals surface area contributed by atoms with Crippen molar-refractivity contribution in [1.82, 2.24) is 14.9 Å². The number of rotatable bonds is 5. The zero-order valence-electron chi connectivity index (χ0n) is 13.8. The SMILES string of the molecule is CC(N)c1nc2cccc(Cl)c2c(=O)n1CCC(C)(C)NC(=O)O. The van der Waals surface area contributed by atoms with Crippen LogP contribution < -0.4 is 16.6 Å². The van der Waals surface area contributed by atoms with Gasteiger partial charge < -0.3 is 16.2 Å². The van der Waals surface area contributed by atoms with Gasteiger partial charge in [-0.15, -0.1) is 0 Å². The first-order chi connectivity index (χ1) is 11.1. The first-order valence-electron chi connectivity index (χ1n) is 7.58. The standard InChI is InChI=1S/C16H21ClN4O3/c1-9(18)13-19-11-6-4-5-10(17)12(11)14(22)21(13)8-7-16(2,3)20-15(23)24/h4-6,9,20H,7-8,18H2,1-3H3,(H,23,24). The molecule has 0 saturated heterocycles. The molecule has 24 heavy (non-hydrogen) atoms. The van der Waals surface area contributed by atoms with Crippen LogP contribution in [0.15, 0.2) is 23.0 Å². The highest BCUT2D eigenvalue weighted by Gasteiger charge is 2.22. The summed E-state index contributed by atoms with van der Waals surface area (Å²) in [6.07, 6.45) is -0.712. The largest absolute Gasteiger partial charge is 0.465 e. The Hall–Kier alpha value is -2.12. The summed E-state index contributed by atoms with van der Waals surface area (Å²) in [6, 6.07) is 4.64. The molecule has 1 aromatic carbocycles. The number of fused-ring (bicyclic) bond motifs is 1. The van der Waals surface area contributed by atoms with Crippen LogP contribution in [0, 0.1) is 0 Å². The van der Waals surface area contributed by atoms with Crippen molar-refractivity contribution in [2.45, 2.75) is 45.3 Å². The smallest absolute Gasteiger partial charge is 0.405 e. The molecule has 1 heterocycles. The first kappa shape index (κ1) is 18.2. The molecule has 7 nitrogen and oxygen atoms in total. The van der Waals surface area contributed by atoms with Gasteiger partial charge in [0.05, 0.1) is 22.0 Å². The van der Waals surface area contributed by atoms with Crippen LogP contribution in [-0.4, -0.2) is 26.3 Å². The van der Waals surface area contributed by atoms with Gasteiger partial charge in [-0.05, 0) is 39.3 Å². The predicted molar refractivity (Wildman–Crippen MR) is 93.5 cm³/mol. The van der Waals surface area contributed by atoms with Crippen molar-refractivity contribution in [3.05, 3.63) is 39.4 Å². The Labute approximate surface area is 144 Å². The fourth-order valence-corrected chi connectivity index (χ4v) is 2.80. The number of nitrogens with two attached hydrogens (primary N) is 1. The highest BCUT2D eigenvalue weighted by Crippen LogP contribution is 2.21. The van der Waals surface area contributed by atoms with Crippen LogP contribution in [0.5, 0.6) is 0 Å². The molecule has 2 aromatic rings. The van der Waals surface area contributed by atoms with Gasteiger partial charge in [0, 0.05) is 12.1 Å². The van der Waals surface area contributed by atoms with Crippen LogP contribution >= 0.6 is 11.6 Å². The third-order valence-electron chi connectivity index (χ3n) is 3.78. The first-order valence-corrected chi connectivity index (χ1v) is 7.96. The Balaban J connectivity index is 2.50. The van der Waals surface area contributed by atoms with Gasteiger partial charge in [-0.2, -0.15) is 0 Å². The van der Waals surface area contributed by atoms with Crippen molar-refractivity contribution in [2.75, 3.05) is 0 Å². The van der Waals surface area contributed by atoms with Crippen LogP contribution in [0.25, 0.3) is 10.9 Å². The van der Waals surface area contributed by atoms with E-state index in [0.717, 1.165) is 0 Å². The minimum atomic E-state index is -1.11. The molecule has 0 saturated carbocycles. The molecule has 1 aromatic heterocycles. The van der Waals surface area contributed by atoms with Gasteiger partial charge >= 0.3 is 6.09 Å². The summed E-state index contributed by atoms with van der Waals surface area (Å²) in [6.45, 7) is 5.52. The summed E-state index contributed by atoms with van der Waals surface area (Å²) >= 11 is 6.15. The van der Waals surface area contributed by atoms with Gasteiger partial charge in [0.2, 0.25) is 0 Å². The van der Waals surface area contributed by atoms with E-state index in [1.165, 1.54) is 4.57 Å². The number of nitrogens with one attached hydrogen (secondary N) is 1. The second kappa shape index (κ2) is 6.78. The van der Waals surface area contributed by atoms with Gasteiger partial charge in [-0.1, -0.05) is 17.7 Å². The Morgan fingerprint density at radius 3 is 2.75 bits per heavy atom. The van der Waals surface area contributed by atoms with Gasteiger partial charge in [0.25, 0.3) is 5.56 Å². The minimum Gasteiger partial charge on any atom is -0.465 e. The normalized spacial score (nSPS) is 13.0. The Morgan fingerprint density at radius 1 is 1.50 bits per heavy atom. The second-order valence-electron chi connectivity index (χ2n) is 6.41. The molecule has 0 aliphatic rings. The van der Waals surface area contributed by atoms with Crippen LogP contribution in [-0.2, 0) is 6.54 Å². The molecule has 0 aliphatic carbocycles. The van der Waals surface area contributed by atoms with E-state index in [9.17, 15) is 9.59 Å². The third-order valence-corrected chi connectivity index (χ3v) is 4.09. The molecule has 2 rings (SSSR count). The number of carbonyl (C=O) groups is 1. The fourth-order valence-electron chi connectivity index (χ4n) is 2.55. The lowest BCUT2D eigenvalue weighted by Gasteiger charge is -2.26. The maximum absolute atomic E-state index is 12.9. The second-order valence-corrected chi connectivity index (χ2v) is 6.82. The van der Waals surface area contributed by atoms with Crippen LogP contribution in [0.2, 0.25) is 5.02 Å². The molecule has 8 heteroatoms. The predicted octanol–water partition coefficient (Wildman–Crippen LogP) is 2.51. The fraction of sp³-hybridized carbons (Fsp3) is 0.438. The molecular formula is C16H21ClN4O3. The van der Waals surface area contributed by atoms with E-state index in [2.05, 4.69) is 10.3 Å². The molecule has 0 fully saturated rings. The van der Waals surface area contributed by atoms with E-state index < -0.39 is 17.7 Å². The van der Waals surface area contributed by atoms with E-state index in [1.807, 2.05) is 0 Å². The molecule has 0 aliphatic heterocycles. The van der Waals surface area contributed by atoms with Gasteiger partial charge in [0.15, 0.2) is 0 Å². The quantitative estimate of drug-likeness (QED) is 0.765. The average Bonchev–Trinajstić information content (AvgIpc) is 2.44. The van der Waals surface area contributed by atoms with E-state index in [1.54, 1.807) is 39.0 Å².